The average Bonchev–Trinajstić information content (AvgIpc) is 3.85. The molecule has 0 saturated heterocycles. The molecule has 8 heterocycles. The van der Waals surface area contributed by atoms with E-state index >= 15 is 0 Å². The molecule has 8 aromatic heterocycles. The van der Waals surface area contributed by atoms with Gasteiger partial charge >= 0.3 is 0 Å². The molecule has 0 radical (unpaired) electrons. The third-order valence-electron chi connectivity index (χ3n) is 10.3. The van der Waals surface area contributed by atoms with Crippen molar-refractivity contribution in [2.24, 2.45) is 0 Å². The highest BCUT2D eigenvalue weighted by atomic mass is 15.3. The van der Waals surface area contributed by atoms with E-state index in [2.05, 4.69) is 141 Å². The topological polar surface area (TPSA) is 149 Å². The lowest BCUT2D eigenvalue weighted by atomic mass is 10.1. The van der Waals surface area contributed by atoms with Crippen LogP contribution in [0, 0.1) is 83.1 Å². The third kappa shape index (κ3) is 9.22. The number of hydrogen-bond acceptors (Lipinski definition) is 10. The Bertz CT molecular complexity index is 2600. The van der Waals surface area contributed by atoms with Crippen LogP contribution in [0.1, 0.15) is 148 Å². The Labute approximate surface area is 355 Å². The second-order valence-electron chi connectivity index (χ2n) is 17.1. The lowest BCUT2D eigenvalue weighted by Crippen LogP contribution is -2.04. The van der Waals surface area contributed by atoms with E-state index in [4.69, 9.17) is 0 Å². The molecule has 0 fully saturated rings. The molecule has 0 unspecified atom stereocenters. The van der Waals surface area contributed by atoms with Crippen molar-refractivity contribution in [1.29, 1.82) is 0 Å². The summed E-state index contributed by atoms with van der Waals surface area (Å²) in [6.45, 7) is 41.3. The van der Waals surface area contributed by atoms with Crippen LogP contribution in [0.15, 0.2) is 12.1 Å². The maximum atomic E-state index is 4.58. The second kappa shape index (κ2) is 17.9. The van der Waals surface area contributed by atoms with Crippen LogP contribution >= 0.6 is 0 Å². The molecule has 8 aromatic rings. The molecule has 14 heteroatoms. The van der Waals surface area contributed by atoms with Crippen LogP contribution in [0.25, 0.3) is 44.4 Å². The third-order valence-corrected chi connectivity index (χ3v) is 10.3. The van der Waals surface area contributed by atoms with Gasteiger partial charge < -0.3 is 9.13 Å². The molecule has 0 aliphatic rings. The van der Waals surface area contributed by atoms with Gasteiger partial charge in [0.25, 0.3) is 0 Å². The van der Waals surface area contributed by atoms with E-state index in [9.17, 15) is 0 Å². The number of nitrogens with zero attached hydrogens (tertiary/aromatic N) is 14. The fraction of sp³-hybridized carbons (Fsp3) is 0.522. The van der Waals surface area contributed by atoms with Crippen molar-refractivity contribution in [3.63, 3.8) is 0 Å². The molecule has 0 aliphatic carbocycles. The van der Waals surface area contributed by atoms with Crippen LogP contribution in [-0.2, 0) is 0 Å². The van der Waals surface area contributed by atoms with Gasteiger partial charge in [-0.25, -0.2) is 49.2 Å². The summed E-state index contributed by atoms with van der Waals surface area (Å²) in [5, 5.41) is 11.3. The number of rotatable bonds is 4. The van der Waals surface area contributed by atoms with Crippen LogP contribution < -0.4 is 0 Å². The molecular weight excluding hydrogens is 749 g/mol. The van der Waals surface area contributed by atoms with Gasteiger partial charge in [0.05, 0.1) is 28.2 Å². The van der Waals surface area contributed by atoms with Gasteiger partial charge in [0.15, 0.2) is 22.6 Å². The van der Waals surface area contributed by atoms with E-state index in [-0.39, 0.29) is 0 Å². The summed E-state index contributed by atoms with van der Waals surface area (Å²) >= 11 is 0. The summed E-state index contributed by atoms with van der Waals surface area (Å²) < 4.78 is 8.31. The molecule has 0 saturated carbocycles. The summed E-state index contributed by atoms with van der Waals surface area (Å²) in [6, 6.07) is 5.67. The molecule has 320 valence electrons. The van der Waals surface area contributed by atoms with Crippen molar-refractivity contribution in [1.82, 2.24) is 68.6 Å². The van der Waals surface area contributed by atoms with Gasteiger partial charge in [-0.1, -0.05) is 0 Å². The van der Waals surface area contributed by atoms with Gasteiger partial charge in [0.1, 0.15) is 34.3 Å². The fourth-order valence-corrected chi connectivity index (χ4v) is 8.03. The molecule has 0 N–H and O–H groups in total. The number of aryl methyl sites for hydroxylation is 12. The maximum absolute atomic E-state index is 4.58. The van der Waals surface area contributed by atoms with E-state index in [1.54, 1.807) is 0 Å². The van der Waals surface area contributed by atoms with Crippen molar-refractivity contribution >= 4 is 44.4 Å². The predicted molar refractivity (Wildman–Crippen MR) is 244 cm³/mol. The van der Waals surface area contributed by atoms with E-state index in [0.29, 0.717) is 24.2 Å². The summed E-state index contributed by atoms with van der Waals surface area (Å²) in [5.41, 5.74) is 14.5. The molecule has 0 atom stereocenters. The normalized spacial score (nSPS) is 11.6. The summed E-state index contributed by atoms with van der Waals surface area (Å²) in [6.07, 6.45) is 0. The maximum Gasteiger partial charge on any atom is 0.164 e. The largest absolute Gasteiger partial charge is 0.310 e. The standard InChI is InChI=1S/2C12H17N3.2C11H16N4/c1-7(2)15-10(5)14-11-8(3)6-9(4)13-12(11)15;1-7(2)15-12-11(10(5)14-15)8(3)6-9(4)13-12;1-6(2)15-9(5)14-10-7(3)12-8(4)13-11(10)15;1-6(2)15-11-10(8(4)14-15)7(3)12-9(5)13-11/h2*6-7H,1-5H3;2*6H,1-5H3. The molecule has 60 heavy (non-hydrogen) atoms. The number of hydrogen-bond donors (Lipinski definition) is 0. The van der Waals surface area contributed by atoms with Gasteiger partial charge in [-0.3, -0.25) is 0 Å². The molecular formula is C46H66N14. The van der Waals surface area contributed by atoms with Crippen LogP contribution in [0.3, 0.4) is 0 Å². The van der Waals surface area contributed by atoms with E-state index in [1.165, 1.54) is 16.5 Å². The first-order valence-corrected chi connectivity index (χ1v) is 21.1. The van der Waals surface area contributed by atoms with E-state index in [1.807, 2.05) is 78.6 Å². The molecule has 0 aromatic carbocycles. The van der Waals surface area contributed by atoms with Crippen LogP contribution in [-0.4, -0.2) is 68.6 Å². The average molecular weight is 815 g/mol. The molecule has 8 rings (SSSR count). The van der Waals surface area contributed by atoms with Gasteiger partial charge in [0, 0.05) is 40.9 Å². The zero-order valence-electron chi connectivity index (χ0n) is 39.7. The highest BCUT2D eigenvalue weighted by Crippen LogP contribution is 2.25. The predicted octanol–water partition coefficient (Wildman–Crippen LogP) is 10.5. The van der Waals surface area contributed by atoms with Crippen LogP contribution in [0.4, 0.5) is 0 Å². The van der Waals surface area contributed by atoms with Gasteiger partial charge in [-0.2, -0.15) is 10.2 Å². The van der Waals surface area contributed by atoms with Crippen molar-refractivity contribution < 1.29 is 0 Å². The second-order valence-corrected chi connectivity index (χ2v) is 17.1. The Morgan fingerprint density at radius 1 is 0.367 bits per heavy atom. The first-order valence-electron chi connectivity index (χ1n) is 21.1. The Morgan fingerprint density at radius 3 is 1.27 bits per heavy atom. The molecule has 14 nitrogen and oxygen atoms in total. The first kappa shape index (κ1) is 45.4. The smallest absolute Gasteiger partial charge is 0.164 e. The Balaban J connectivity index is 0.000000152. The van der Waals surface area contributed by atoms with Crippen LogP contribution in [0.5, 0.6) is 0 Å². The lowest BCUT2D eigenvalue weighted by molar-refractivity contribution is 0.542. The fourth-order valence-electron chi connectivity index (χ4n) is 8.03. The summed E-state index contributed by atoms with van der Waals surface area (Å²) in [4.78, 5) is 35.9. The monoisotopic (exact) mass is 815 g/mol. The van der Waals surface area contributed by atoms with Crippen molar-refractivity contribution in [3.05, 3.63) is 80.7 Å². The minimum absolute atomic E-state index is 0.329. The van der Waals surface area contributed by atoms with Gasteiger partial charge in [0.2, 0.25) is 0 Å². The van der Waals surface area contributed by atoms with Gasteiger partial charge in [-0.05, 0) is 162 Å². The van der Waals surface area contributed by atoms with Crippen molar-refractivity contribution in [2.45, 2.75) is 163 Å². The Kier molecular flexibility index (Phi) is 13.6. The van der Waals surface area contributed by atoms with Crippen molar-refractivity contribution in [3.8, 4) is 0 Å². The molecule has 0 amide bonds. The van der Waals surface area contributed by atoms with Crippen molar-refractivity contribution in [2.75, 3.05) is 0 Å². The zero-order chi connectivity index (χ0) is 44.7. The SMILES string of the molecule is Cc1cc(C)c2c(C)nn(C(C)C)c2n1.Cc1cc(C)c2nc(C)n(C(C)C)c2n1.Cc1nc(C)c2c(C)nn(C(C)C)c2n1.Cc1nc(C)c2nc(C)n(C(C)C)c2n1. The molecule has 0 bridgehead atoms. The quantitative estimate of drug-likeness (QED) is 0.168. The van der Waals surface area contributed by atoms with Gasteiger partial charge in [-0.15, -0.1) is 0 Å². The van der Waals surface area contributed by atoms with E-state index in [0.717, 1.165) is 96.5 Å². The Hall–Kier alpha value is -5.66. The lowest BCUT2D eigenvalue weighted by Gasteiger charge is -2.10. The highest BCUT2D eigenvalue weighted by Gasteiger charge is 2.17. The summed E-state index contributed by atoms with van der Waals surface area (Å²) in [7, 11) is 0. The van der Waals surface area contributed by atoms with Crippen LogP contribution in [0.2, 0.25) is 0 Å². The first-order chi connectivity index (χ1) is 28.0. The van der Waals surface area contributed by atoms with E-state index < -0.39 is 0 Å². The Morgan fingerprint density at radius 2 is 0.767 bits per heavy atom. The number of fused-ring (bicyclic) bond motifs is 4. The number of pyridine rings is 2. The number of aromatic nitrogens is 14. The molecule has 0 spiro atoms. The minimum Gasteiger partial charge on any atom is -0.310 e. The minimum atomic E-state index is 0.329. The molecule has 0 aliphatic heterocycles. The highest BCUT2D eigenvalue weighted by molar-refractivity contribution is 5.82. The summed E-state index contributed by atoms with van der Waals surface area (Å²) in [5.74, 6) is 3.66. The zero-order valence-corrected chi connectivity index (χ0v) is 39.7. The number of imidazole rings is 2.